The topological polar surface area (TPSA) is 29.3 Å². The maximum Gasteiger partial charge on any atom is 0.0322 e. The molecule has 1 aromatic rings. The Labute approximate surface area is 99.5 Å². The molecule has 0 bridgehead atoms. The van der Waals surface area contributed by atoms with Crippen molar-refractivity contribution in [1.29, 1.82) is 0 Å². The van der Waals surface area contributed by atoms with Gasteiger partial charge in [-0.3, -0.25) is 4.90 Å². The fourth-order valence-corrected chi connectivity index (χ4v) is 2.17. The number of nitrogens with two attached hydrogens (primary N) is 1. The normalized spacial score (nSPS) is 15.1. The minimum Gasteiger partial charge on any atom is -0.399 e. The molecule has 0 aliphatic rings. The Morgan fingerprint density at radius 3 is 2.12 bits per heavy atom. The summed E-state index contributed by atoms with van der Waals surface area (Å²) in [5, 5.41) is 0. The zero-order chi connectivity index (χ0) is 12.1. The van der Waals surface area contributed by atoms with Crippen LogP contribution in [-0.4, -0.2) is 17.5 Å². The molecule has 0 spiro atoms. The second-order valence-electron chi connectivity index (χ2n) is 4.43. The van der Waals surface area contributed by atoms with E-state index in [9.17, 15) is 0 Å². The maximum atomic E-state index is 5.71. The van der Waals surface area contributed by atoms with Gasteiger partial charge in [-0.15, -0.1) is 0 Å². The molecule has 0 aliphatic carbocycles. The van der Waals surface area contributed by atoms with Crippen molar-refractivity contribution in [2.24, 2.45) is 0 Å². The molecule has 2 nitrogen and oxygen atoms in total. The molecule has 2 atom stereocenters. The van der Waals surface area contributed by atoms with E-state index in [2.05, 4.69) is 44.7 Å². The highest BCUT2D eigenvalue weighted by Gasteiger charge is 2.18. The van der Waals surface area contributed by atoms with E-state index in [1.54, 1.807) is 0 Å². The minimum atomic E-state index is 0.459. The van der Waals surface area contributed by atoms with Gasteiger partial charge in [-0.25, -0.2) is 0 Å². The molecule has 0 saturated heterocycles. The van der Waals surface area contributed by atoms with Gasteiger partial charge in [0.05, 0.1) is 0 Å². The zero-order valence-corrected chi connectivity index (χ0v) is 10.9. The van der Waals surface area contributed by atoms with E-state index in [0.29, 0.717) is 12.1 Å². The monoisotopic (exact) mass is 220 g/mol. The van der Waals surface area contributed by atoms with Crippen LogP contribution in [0, 0.1) is 0 Å². The van der Waals surface area contributed by atoms with Crippen molar-refractivity contribution in [3.8, 4) is 0 Å². The Kier molecular flexibility index (Phi) is 4.81. The number of hydrogen-bond acceptors (Lipinski definition) is 2. The first-order valence-electron chi connectivity index (χ1n) is 6.21. The average molecular weight is 220 g/mol. The van der Waals surface area contributed by atoms with Crippen LogP contribution in [0.25, 0.3) is 0 Å². The van der Waals surface area contributed by atoms with Gasteiger partial charge in [-0.2, -0.15) is 0 Å². The van der Waals surface area contributed by atoms with Crippen molar-refractivity contribution in [2.45, 2.75) is 46.2 Å². The zero-order valence-electron chi connectivity index (χ0n) is 10.9. The lowest BCUT2D eigenvalue weighted by Crippen LogP contribution is -2.34. The smallest absolute Gasteiger partial charge is 0.0322 e. The van der Waals surface area contributed by atoms with Crippen molar-refractivity contribution < 1.29 is 0 Å². The van der Waals surface area contributed by atoms with E-state index in [-0.39, 0.29) is 0 Å². The number of anilines is 1. The molecule has 16 heavy (non-hydrogen) atoms. The number of hydrogen-bond donors (Lipinski definition) is 1. The standard InChI is InChI=1S/C14H24N2/c1-5-11(3)16(6-2)12(4)13-7-9-14(15)10-8-13/h7-12H,5-6,15H2,1-4H3. The summed E-state index contributed by atoms with van der Waals surface area (Å²) in [7, 11) is 0. The summed E-state index contributed by atoms with van der Waals surface area (Å²) in [4.78, 5) is 2.52. The van der Waals surface area contributed by atoms with Gasteiger partial charge in [0.1, 0.15) is 0 Å². The summed E-state index contributed by atoms with van der Waals surface area (Å²) in [6.07, 6.45) is 1.19. The van der Waals surface area contributed by atoms with Crippen LogP contribution in [0.2, 0.25) is 0 Å². The molecule has 0 aliphatic heterocycles. The molecule has 2 N–H and O–H groups in total. The summed E-state index contributed by atoms with van der Waals surface area (Å²) in [6.45, 7) is 10.1. The van der Waals surface area contributed by atoms with E-state index in [4.69, 9.17) is 5.73 Å². The van der Waals surface area contributed by atoms with Crippen LogP contribution < -0.4 is 5.73 Å². The van der Waals surface area contributed by atoms with Gasteiger partial charge in [-0.1, -0.05) is 26.0 Å². The lowest BCUT2D eigenvalue weighted by Gasteiger charge is -2.33. The van der Waals surface area contributed by atoms with Gasteiger partial charge < -0.3 is 5.73 Å². The third kappa shape index (κ3) is 2.99. The lowest BCUT2D eigenvalue weighted by molar-refractivity contribution is 0.159. The van der Waals surface area contributed by atoms with E-state index < -0.39 is 0 Å². The average Bonchev–Trinajstić information content (AvgIpc) is 2.30. The summed E-state index contributed by atoms with van der Waals surface area (Å²) >= 11 is 0. The van der Waals surface area contributed by atoms with Crippen molar-refractivity contribution in [3.05, 3.63) is 29.8 Å². The number of nitrogen functional groups attached to an aromatic ring is 1. The van der Waals surface area contributed by atoms with Crippen molar-refractivity contribution in [2.75, 3.05) is 12.3 Å². The Hall–Kier alpha value is -1.02. The van der Waals surface area contributed by atoms with Crippen molar-refractivity contribution >= 4 is 5.69 Å². The summed E-state index contributed by atoms with van der Waals surface area (Å²) in [6, 6.07) is 9.31. The Morgan fingerprint density at radius 2 is 1.69 bits per heavy atom. The van der Waals surface area contributed by atoms with Gasteiger partial charge in [-0.05, 0) is 44.5 Å². The molecule has 90 valence electrons. The summed E-state index contributed by atoms with van der Waals surface area (Å²) in [5.74, 6) is 0. The van der Waals surface area contributed by atoms with E-state index >= 15 is 0 Å². The SMILES string of the molecule is CCC(C)N(CC)C(C)c1ccc(N)cc1. The number of nitrogens with zero attached hydrogens (tertiary/aromatic N) is 1. The molecule has 2 unspecified atom stereocenters. The molecule has 1 aromatic carbocycles. The molecule has 0 saturated carbocycles. The molecule has 0 amide bonds. The van der Waals surface area contributed by atoms with Crippen molar-refractivity contribution in [1.82, 2.24) is 4.90 Å². The first-order valence-corrected chi connectivity index (χ1v) is 6.21. The fourth-order valence-electron chi connectivity index (χ4n) is 2.17. The Balaban J connectivity index is 2.82. The van der Waals surface area contributed by atoms with Crippen LogP contribution in [0.15, 0.2) is 24.3 Å². The first-order chi connectivity index (χ1) is 7.60. The largest absolute Gasteiger partial charge is 0.399 e. The maximum absolute atomic E-state index is 5.71. The van der Waals surface area contributed by atoms with Crippen LogP contribution in [0.4, 0.5) is 5.69 Å². The summed E-state index contributed by atoms with van der Waals surface area (Å²) < 4.78 is 0. The van der Waals surface area contributed by atoms with Gasteiger partial charge in [0.2, 0.25) is 0 Å². The third-order valence-corrected chi connectivity index (χ3v) is 3.44. The molecular weight excluding hydrogens is 196 g/mol. The molecule has 2 heteroatoms. The van der Waals surface area contributed by atoms with Gasteiger partial charge in [0, 0.05) is 17.8 Å². The highest BCUT2D eigenvalue weighted by Crippen LogP contribution is 2.23. The first kappa shape index (κ1) is 13.0. The second kappa shape index (κ2) is 5.90. The van der Waals surface area contributed by atoms with Crippen LogP contribution in [0.3, 0.4) is 0 Å². The number of rotatable bonds is 5. The van der Waals surface area contributed by atoms with E-state index in [1.807, 2.05) is 12.1 Å². The van der Waals surface area contributed by atoms with Gasteiger partial charge >= 0.3 is 0 Å². The van der Waals surface area contributed by atoms with E-state index in [0.717, 1.165) is 12.2 Å². The molecule has 0 radical (unpaired) electrons. The van der Waals surface area contributed by atoms with Crippen LogP contribution in [0.5, 0.6) is 0 Å². The molecule has 0 fully saturated rings. The summed E-state index contributed by atoms with van der Waals surface area (Å²) in [5.41, 5.74) is 7.89. The minimum absolute atomic E-state index is 0.459. The second-order valence-corrected chi connectivity index (χ2v) is 4.43. The van der Waals surface area contributed by atoms with Crippen LogP contribution in [-0.2, 0) is 0 Å². The predicted octanol–water partition coefficient (Wildman–Crippen LogP) is 3.45. The van der Waals surface area contributed by atoms with Crippen LogP contribution in [0.1, 0.15) is 45.7 Å². The predicted molar refractivity (Wildman–Crippen MR) is 71.4 cm³/mol. The van der Waals surface area contributed by atoms with Crippen molar-refractivity contribution in [3.63, 3.8) is 0 Å². The third-order valence-electron chi connectivity index (χ3n) is 3.44. The molecule has 0 aromatic heterocycles. The Bertz CT molecular complexity index is 305. The van der Waals surface area contributed by atoms with Crippen LogP contribution >= 0.6 is 0 Å². The lowest BCUT2D eigenvalue weighted by atomic mass is 10.0. The molecule has 0 heterocycles. The fraction of sp³-hybridized carbons (Fsp3) is 0.571. The number of benzene rings is 1. The quantitative estimate of drug-likeness (QED) is 0.770. The van der Waals surface area contributed by atoms with Gasteiger partial charge in [0.15, 0.2) is 0 Å². The highest BCUT2D eigenvalue weighted by atomic mass is 15.2. The highest BCUT2D eigenvalue weighted by molar-refractivity contribution is 5.40. The Morgan fingerprint density at radius 1 is 1.12 bits per heavy atom. The van der Waals surface area contributed by atoms with E-state index in [1.165, 1.54) is 12.0 Å². The van der Waals surface area contributed by atoms with Gasteiger partial charge in [0.25, 0.3) is 0 Å². The molecular formula is C14H24N2. The molecule has 1 rings (SSSR count).